The van der Waals surface area contributed by atoms with Gasteiger partial charge < -0.3 is 4.74 Å². The van der Waals surface area contributed by atoms with Crippen molar-refractivity contribution < 1.29 is 4.74 Å². The van der Waals surface area contributed by atoms with Gasteiger partial charge in [-0.15, -0.1) is 11.6 Å². The number of halogens is 3. The Morgan fingerprint density at radius 2 is 2.12 bits per heavy atom. The number of alkyl halides is 1. The number of hydrogen-bond donors (Lipinski definition) is 0. The van der Waals surface area contributed by atoms with Crippen molar-refractivity contribution in [1.29, 1.82) is 0 Å². The highest BCUT2D eigenvalue weighted by molar-refractivity contribution is 6.42. The Balaban J connectivity index is 2.02. The molecule has 0 N–H and O–H groups in total. The van der Waals surface area contributed by atoms with E-state index < -0.39 is 0 Å². The van der Waals surface area contributed by atoms with E-state index >= 15 is 0 Å². The van der Waals surface area contributed by atoms with E-state index in [1.54, 1.807) is 6.07 Å². The van der Waals surface area contributed by atoms with Crippen molar-refractivity contribution in [3.8, 4) is 0 Å². The highest BCUT2D eigenvalue weighted by atomic mass is 35.5. The lowest BCUT2D eigenvalue weighted by Crippen LogP contribution is -2.08. The summed E-state index contributed by atoms with van der Waals surface area (Å²) in [5, 5.41) is 1.06. The molecule has 2 unspecified atom stereocenters. The van der Waals surface area contributed by atoms with Gasteiger partial charge in [-0.2, -0.15) is 0 Å². The van der Waals surface area contributed by atoms with Crippen molar-refractivity contribution >= 4 is 34.8 Å². The van der Waals surface area contributed by atoms with E-state index in [0.29, 0.717) is 10.0 Å². The van der Waals surface area contributed by atoms with Crippen LogP contribution in [0.25, 0.3) is 0 Å². The van der Waals surface area contributed by atoms with Crippen molar-refractivity contribution in [3.63, 3.8) is 0 Å². The lowest BCUT2D eigenvalue weighted by molar-refractivity contribution is 0.103. The summed E-state index contributed by atoms with van der Waals surface area (Å²) in [6.07, 6.45) is 3.36. The molecule has 0 radical (unpaired) electrons. The third kappa shape index (κ3) is 3.04. The van der Waals surface area contributed by atoms with E-state index in [4.69, 9.17) is 39.5 Å². The minimum absolute atomic E-state index is 0.0575. The number of rotatable bonds is 3. The summed E-state index contributed by atoms with van der Waals surface area (Å²) in [6, 6.07) is 5.53. The quantitative estimate of drug-likeness (QED) is 0.719. The second kappa shape index (κ2) is 5.59. The lowest BCUT2D eigenvalue weighted by atomic mass is 10.0. The van der Waals surface area contributed by atoms with Crippen molar-refractivity contribution in [2.45, 2.75) is 30.7 Å². The first-order valence-corrected chi connectivity index (χ1v) is 6.56. The zero-order valence-corrected chi connectivity index (χ0v) is 11.0. The number of benzene rings is 1. The van der Waals surface area contributed by atoms with Crippen molar-refractivity contribution in [3.05, 3.63) is 33.8 Å². The maximum Gasteiger partial charge on any atom is 0.0610 e. The van der Waals surface area contributed by atoms with E-state index in [1.165, 1.54) is 0 Å². The Kier molecular flexibility index (Phi) is 4.37. The predicted molar refractivity (Wildman–Crippen MR) is 68.6 cm³/mol. The standard InChI is InChI=1S/C12H13Cl3O/c13-10-4-3-8(6-12(10)15)11(14)7-9-2-1-5-16-9/h3-4,6,9,11H,1-2,5,7H2. The first-order chi connectivity index (χ1) is 7.66. The van der Waals surface area contributed by atoms with Crippen LogP contribution in [0.4, 0.5) is 0 Å². The third-order valence-electron chi connectivity index (χ3n) is 2.80. The molecule has 0 aromatic heterocycles. The van der Waals surface area contributed by atoms with Crippen LogP contribution in [-0.2, 0) is 4.74 Å². The smallest absolute Gasteiger partial charge is 0.0610 e. The zero-order chi connectivity index (χ0) is 11.5. The molecular formula is C12H13Cl3O. The molecule has 1 aliphatic heterocycles. The molecule has 1 heterocycles. The molecule has 4 heteroatoms. The molecule has 2 atom stereocenters. The highest BCUT2D eigenvalue weighted by Crippen LogP contribution is 2.33. The molecule has 0 saturated carbocycles. The maximum atomic E-state index is 6.33. The van der Waals surface area contributed by atoms with Gasteiger partial charge in [0, 0.05) is 6.61 Å². The normalized spacial score (nSPS) is 22.3. The van der Waals surface area contributed by atoms with E-state index in [2.05, 4.69) is 0 Å². The Bertz CT molecular complexity index is 361. The van der Waals surface area contributed by atoms with Crippen molar-refractivity contribution in [2.75, 3.05) is 6.61 Å². The van der Waals surface area contributed by atoms with E-state index in [1.807, 2.05) is 12.1 Å². The van der Waals surface area contributed by atoms with Gasteiger partial charge in [0.15, 0.2) is 0 Å². The van der Waals surface area contributed by atoms with Gasteiger partial charge in [0.25, 0.3) is 0 Å². The fourth-order valence-corrected chi connectivity index (χ4v) is 2.55. The van der Waals surface area contributed by atoms with Crippen LogP contribution >= 0.6 is 34.8 Å². The molecule has 1 aromatic carbocycles. The van der Waals surface area contributed by atoms with Gasteiger partial charge in [-0.25, -0.2) is 0 Å². The summed E-state index contributed by atoms with van der Waals surface area (Å²) in [7, 11) is 0. The molecule has 1 aromatic rings. The third-order valence-corrected chi connectivity index (χ3v) is 3.97. The van der Waals surface area contributed by atoms with Crippen molar-refractivity contribution in [1.82, 2.24) is 0 Å². The molecule has 88 valence electrons. The Hall–Kier alpha value is 0.0500. The fourth-order valence-electron chi connectivity index (χ4n) is 1.90. The Morgan fingerprint density at radius 1 is 1.31 bits per heavy atom. The fraction of sp³-hybridized carbons (Fsp3) is 0.500. The van der Waals surface area contributed by atoms with Gasteiger partial charge in [-0.1, -0.05) is 29.3 Å². The molecule has 0 amide bonds. The maximum absolute atomic E-state index is 6.33. The van der Waals surface area contributed by atoms with Gasteiger partial charge >= 0.3 is 0 Å². The molecule has 1 saturated heterocycles. The number of hydrogen-bond acceptors (Lipinski definition) is 1. The van der Waals surface area contributed by atoms with Gasteiger partial charge in [0.2, 0.25) is 0 Å². The van der Waals surface area contributed by atoms with E-state index in [9.17, 15) is 0 Å². The van der Waals surface area contributed by atoms with Crippen LogP contribution in [-0.4, -0.2) is 12.7 Å². The first kappa shape index (κ1) is 12.5. The summed E-state index contributed by atoms with van der Waals surface area (Å²) in [4.78, 5) is 0. The average molecular weight is 280 g/mol. The van der Waals surface area contributed by atoms with Crippen LogP contribution in [0, 0.1) is 0 Å². The van der Waals surface area contributed by atoms with E-state index in [0.717, 1.165) is 31.4 Å². The Morgan fingerprint density at radius 3 is 2.75 bits per heavy atom. The summed E-state index contributed by atoms with van der Waals surface area (Å²) >= 11 is 18.1. The first-order valence-electron chi connectivity index (χ1n) is 5.37. The zero-order valence-electron chi connectivity index (χ0n) is 8.76. The summed E-state index contributed by atoms with van der Waals surface area (Å²) in [5.41, 5.74) is 1.01. The van der Waals surface area contributed by atoms with Crippen LogP contribution in [0.3, 0.4) is 0 Å². The average Bonchev–Trinajstić information content (AvgIpc) is 2.74. The highest BCUT2D eigenvalue weighted by Gasteiger charge is 2.20. The molecule has 0 aliphatic carbocycles. The molecular weight excluding hydrogens is 266 g/mol. The van der Waals surface area contributed by atoms with Crippen molar-refractivity contribution in [2.24, 2.45) is 0 Å². The predicted octanol–water partition coefficient (Wildman–Crippen LogP) is 4.84. The molecule has 1 aliphatic rings. The second-order valence-electron chi connectivity index (χ2n) is 4.01. The molecule has 1 fully saturated rings. The van der Waals surface area contributed by atoms with Crippen LogP contribution < -0.4 is 0 Å². The van der Waals surface area contributed by atoms with Gasteiger partial charge in [0.05, 0.1) is 21.5 Å². The van der Waals surface area contributed by atoms with Crippen LogP contribution in [0.15, 0.2) is 18.2 Å². The summed E-state index contributed by atoms with van der Waals surface area (Å²) in [6.45, 7) is 0.857. The molecule has 16 heavy (non-hydrogen) atoms. The van der Waals surface area contributed by atoms with Crippen LogP contribution in [0.1, 0.15) is 30.2 Å². The molecule has 2 rings (SSSR count). The minimum atomic E-state index is -0.0575. The SMILES string of the molecule is Clc1ccc(C(Cl)CC2CCCO2)cc1Cl. The van der Waals surface area contributed by atoms with Gasteiger partial charge in [-0.3, -0.25) is 0 Å². The largest absolute Gasteiger partial charge is 0.378 e. The van der Waals surface area contributed by atoms with Gasteiger partial charge in [-0.05, 0) is 37.0 Å². The summed E-state index contributed by atoms with van der Waals surface area (Å²) < 4.78 is 5.56. The molecule has 1 nitrogen and oxygen atoms in total. The van der Waals surface area contributed by atoms with Crippen LogP contribution in [0.2, 0.25) is 10.0 Å². The lowest BCUT2D eigenvalue weighted by Gasteiger charge is -2.15. The summed E-state index contributed by atoms with van der Waals surface area (Å²) in [5.74, 6) is 0. The molecule has 0 spiro atoms. The second-order valence-corrected chi connectivity index (χ2v) is 5.35. The molecule has 0 bridgehead atoms. The minimum Gasteiger partial charge on any atom is -0.378 e. The Labute approximate surface area is 111 Å². The van der Waals surface area contributed by atoms with Crippen LogP contribution in [0.5, 0.6) is 0 Å². The number of ether oxygens (including phenoxy) is 1. The van der Waals surface area contributed by atoms with Gasteiger partial charge in [0.1, 0.15) is 0 Å². The monoisotopic (exact) mass is 278 g/mol. The van der Waals surface area contributed by atoms with E-state index in [-0.39, 0.29) is 11.5 Å². The topological polar surface area (TPSA) is 9.23 Å².